The molecule has 0 bridgehead atoms. The molecule has 0 amide bonds. The molecule has 0 saturated carbocycles. The fourth-order valence-electron chi connectivity index (χ4n) is 0.479. The van der Waals surface area contributed by atoms with E-state index in [-0.39, 0.29) is 0 Å². The summed E-state index contributed by atoms with van der Waals surface area (Å²) >= 11 is 0. The summed E-state index contributed by atoms with van der Waals surface area (Å²) in [4.78, 5) is 0. The first-order valence-corrected chi connectivity index (χ1v) is 5.20. The first-order valence-electron chi connectivity index (χ1n) is 5.20. The molecule has 0 fully saturated rings. The highest BCUT2D eigenvalue weighted by Crippen LogP contribution is 1.91. The van der Waals surface area contributed by atoms with Crippen molar-refractivity contribution in [1.82, 2.24) is 4.68 Å². The number of hydrogen-bond donors (Lipinski definition) is 1. The van der Waals surface area contributed by atoms with E-state index in [1.54, 1.807) is 4.68 Å². The second-order valence-corrected chi connectivity index (χ2v) is 1.56. The second-order valence-electron chi connectivity index (χ2n) is 1.56. The Labute approximate surface area is 83.7 Å². The fraction of sp³-hybridized carbons (Fsp3) is 0.636. The molecule has 1 aromatic heterocycles. The van der Waals surface area contributed by atoms with Crippen LogP contribution < -0.4 is 5.84 Å². The van der Waals surface area contributed by atoms with E-state index in [0.717, 1.165) is 5.69 Å². The molecule has 13 heavy (non-hydrogen) atoms. The van der Waals surface area contributed by atoms with E-state index in [4.69, 9.17) is 5.84 Å². The quantitative estimate of drug-likeness (QED) is 0.617. The van der Waals surface area contributed by atoms with Crippen LogP contribution in [-0.2, 0) is 0 Å². The van der Waals surface area contributed by atoms with Gasteiger partial charge in [0.05, 0.1) is 0 Å². The molecule has 2 heteroatoms. The molecule has 0 aliphatic rings. The monoisotopic (exact) mass is 186 g/mol. The Hall–Kier alpha value is -0.920. The van der Waals surface area contributed by atoms with Gasteiger partial charge < -0.3 is 5.84 Å². The van der Waals surface area contributed by atoms with Crippen molar-refractivity contribution in [2.24, 2.45) is 0 Å². The molecule has 80 valence electrons. The number of hydrogen-bond acceptors (Lipinski definition) is 1. The predicted octanol–water partition coefficient (Wildman–Crippen LogP) is 3.59. The Morgan fingerprint density at radius 1 is 1.00 bits per heavy atom. The van der Waals surface area contributed by atoms with Crippen LogP contribution in [0.3, 0.4) is 0 Å². The van der Waals surface area contributed by atoms with Crippen molar-refractivity contribution in [3.8, 4) is 0 Å². The van der Waals surface area contributed by atoms with E-state index in [2.05, 4.69) is 0 Å². The van der Waals surface area contributed by atoms with E-state index in [9.17, 15) is 0 Å². The normalized spacial score (nSPS) is 6.38. The van der Waals surface area contributed by atoms with Crippen LogP contribution >= 0.6 is 0 Å². The van der Waals surface area contributed by atoms with Crippen LogP contribution in [0.2, 0.25) is 0 Å². The Morgan fingerprint density at radius 3 is 1.46 bits per heavy atom. The van der Waals surface area contributed by atoms with E-state index in [0.29, 0.717) is 0 Å². The standard InChI is InChI=1S/C5H8N2.3C2H6/c1-5-3-2-4-7(5)6;3*1-2/h2-4H,6H2,1H3;3*1-2H3. The van der Waals surface area contributed by atoms with Crippen LogP contribution in [0.4, 0.5) is 0 Å². The number of aromatic nitrogens is 1. The highest BCUT2D eigenvalue weighted by molar-refractivity contribution is 5.03. The van der Waals surface area contributed by atoms with Crippen molar-refractivity contribution in [2.45, 2.75) is 48.5 Å². The van der Waals surface area contributed by atoms with Crippen LogP contribution in [0.15, 0.2) is 18.3 Å². The van der Waals surface area contributed by atoms with Crippen LogP contribution in [0.25, 0.3) is 0 Å². The van der Waals surface area contributed by atoms with Gasteiger partial charge in [-0.25, -0.2) is 0 Å². The molecular formula is C11H26N2. The van der Waals surface area contributed by atoms with Gasteiger partial charge in [-0.2, -0.15) is 0 Å². The maximum Gasteiger partial charge on any atom is 0.0360 e. The summed E-state index contributed by atoms with van der Waals surface area (Å²) in [7, 11) is 0. The van der Waals surface area contributed by atoms with Crippen molar-refractivity contribution in [2.75, 3.05) is 5.84 Å². The SMILES string of the molecule is CC.CC.CC.Cc1cccn1N. The van der Waals surface area contributed by atoms with Gasteiger partial charge >= 0.3 is 0 Å². The van der Waals surface area contributed by atoms with Crippen LogP contribution in [-0.4, -0.2) is 4.68 Å². The topological polar surface area (TPSA) is 30.9 Å². The third kappa shape index (κ3) is 11.1. The molecule has 0 unspecified atom stereocenters. The zero-order valence-electron chi connectivity index (χ0n) is 10.3. The zero-order chi connectivity index (χ0) is 11.3. The molecule has 0 aliphatic heterocycles. The minimum Gasteiger partial charge on any atom is -0.339 e. The summed E-state index contributed by atoms with van der Waals surface area (Å²) in [5.74, 6) is 5.36. The molecule has 0 aromatic carbocycles. The summed E-state index contributed by atoms with van der Waals surface area (Å²) in [6.45, 7) is 14.0. The summed E-state index contributed by atoms with van der Waals surface area (Å²) in [6.07, 6.45) is 1.81. The molecule has 0 radical (unpaired) electrons. The minimum absolute atomic E-state index is 1.08. The molecule has 0 aliphatic carbocycles. The van der Waals surface area contributed by atoms with E-state index in [1.165, 1.54) is 0 Å². The summed E-state index contributed by atoms with van der Waals surface area (Å²) in [5.41, 5.74) is 1.08. The van der Waals surface area contributed by atoms with Crippen molar-refractivity contribution < 1.29 is 0 Å². The Balaban J connectivity index is -0.000000144. The van der Waals surface area contributed by atoms with Gasteiger partial charge in [0, 0.05) is 11.9 Å². The lowest BCUT2D eigenvalue weighted by molar-refractivity contribution is 0.962. The Morgan fingerprint density at radius 2 is 1.38 bits per heavy atom. The number of nitrogens with two attached hydrogens (primary N) is 1. The maximum atomic E-state index is 5.36. The van der Waals surface area contributed by atoms with E-state index in [1.807, 2.05) is 66.8 Å². The zero-order valence-corrected chi connectivity index (χ0v) is 10.3. The molecule has 1 aromatic rings. The molecule has 2 N–H and O–H groups in total. The van der Waals surface area contributed by atoms with Gasteiger partial charge in [0.25, 0.3) is 0 Å². The Kier molecular flexibility index (Phi) is 23.9. The molecule has 1 rings (SSSR count). The van der Waals surface area contributed by atoms with E-state index < -0.39 is 0 Å². The fourth-order valence-corrected chi connectivity index (χ4v) is 0.479. The van der Waals surface area contributed by atoms with Gasteiger partial charge in [0.2, 0.25) is 0 Å². The highest BCUT2D eigenvalue weighted by atomic mass is 15.3. The summed E-state index contributed by atoms with van der Waals surface area (Å²) in [5, 5.41) is 0. The van der Waals surface area contributed by atoms with Crippen LogP contribution in [0.5, 0.6) is 0 Å². The van der Waals surface area contributed by atoms with Crippen LogP contribution in [0, 0.1) is 6.92 Å². The average Bonchev–Trinajstić information content (AvgIpc) is 2.61. The highest BCUT2D eigenvalue weighted by Gasteiger charge is 1.82. The number of nitrogens with zero attached hydrogens (tertiary/aromatic N) is 1. The Bertz CT molecular complexity index is 140. The third-order valence-electron chi connectivity index (χ3n) is 0.991. The smallest absolute Gasteiger partial charge is 0.0360 e. The second kappa shape index (κ2) is 17.2. The molecule has 0 atom stereocenters. The number of nitrogen functional groups attached to an aromatic ring is 1. The van der Waals surface area contributed by atoms with Crippen LogP contribution in [0.1, 0.15) is 47.2 Å². The van der Waals surface area contributed by atoms with Gasteiger partial charge in [0.1, 0.15) is 0 Å². The maximum absolute atomic E-state index is 5.36. The summed E-state index contributed by atoms with van der Waals surface area (Å²) < 4.78 is 1.58. The van der Waals surface area contributed by atoms with Gasteiger partial charge in [-0.1, -0.05) is 41.5 Å². The minimum atomic E-state index is 1.08. The summed E-state index contributed by atoms with van der Waals surface area (Å²) in [6, 6.07) is 3.87. The molecule has 2 nitrogen and oxygen atoms in total. The van der Waals surface area contributed by atoms with Gasteiger partial charge in [-0.05, 0) is 19.1 Å². The van der Waals surface area contributed by atoms with E-state index >= 15 is 0 Å². The van der Waals surface area contributed by atoms with Crippen molar-refractivity contribution in [1.29, 1.82) is 0 Å². The van der Waals surface area contributed by atoms with Crippen molar-refractivity contribution >= 4 is 0 Å². The van der Waals surface area contributed by atoms with Gasteiger partial charge in [-0.3, -0.25) is 4.68 Å². The largest absolute Gasteiger partial charge is 0.339 e. The average molecular weight is 186 g/mol. The number of aryl methyl sites for hydroxylation is 1. The molecule has 0 spiro atoms. The van der Waals surface area contributed by atoms with Crippen molar-refractivity contribution in [3.05, 3.63) is 24.0 Å². The lowest BCUT2D eigenvalue weighted by Crippen LogP contribution is -2.06. The molecular weight excluding hydrogens is 160 g/mol. The first-order chi connectivity index (χ1) is 6.30. The van der Waals surface area contributed by atoms with Gasteiger partial charge in [0.15, 0.2) is 0 Å². The van der Waals surface area contributed by atoms with Gasteiger partial charge in [-0.15, -0.1) is 0 Å². The molecule has 1 heterocycles. The van der Waals surface area contributed by atoms with Crippen molar-refractivity contribution in [3.63, 3.8) is 0 Å². The predicted molar refractivity (Wildman–Crippen MR) is 63.4 cm³/mol. The number of rotatable bonds is 0. The third-order valence-corrected chi connectivity index (χ3v) is 0.991. The first kappa shape index (κ1) is 18.0. The lowest BCUT2D eigenvalue weighted by Gasteiger charge is -1.90. The molecule has 0 saturated heterocycles. The lowest BCUT2D eigenvalue weighted by atomic mass is 10.5.